The van der Waals surface area contributed by atoms with Gasteiger partial charge in [-0.05, 0) is 31.2 Å². The van der Waals surface area contributed by atoms with E-state index in [1.807, 2.05) is 0 Å². The fraction of sp³-hybridized carbons (Fsp3) is 0.929. The molecule has 0 aromatic carbocycles. The average molecular weight is 242 g/mol. The molecule has 0 aliphatic rings. The van der Waals surface area contributed by atoms with Gasteiger partial charge in [-0.2, -0.15) is 0 Å². The van der Waals surface area contributed by atoms with Crippen LogP contribution in [0.4, 0.5) is 0 Å². The molecule has 0 aliphatic heterocycles. The number of carbonyl (C=O) groups excluding carboxylic acids is 1. The third-order valence-electron chi connectivity index (χ3n) is 3.33. The minimum Gasteiger partial charge on any atom is -0.355 e. The van der Waals surface area contributed by atoms with Crippen molar-refractivity contribution in [3.63, 3.8) is 0 Å². The van der Waals surface area contributed by atoms with Crippen molar-refractivity contribution < 1.29 is 4.79 Å². The Labute approximate surface area is 107 Å². The van der Waals surface area contributed by atoms with Crippen molar-refractivity contribution in [2.24, 2.45) is 17.1 Å². The second-order valence-electron chi connectivity index (χ2n) is 5.67. The first-order valence-electron chi connectivity index (χ1n) is 6.94. The second kappa shape index (κ2) is 8.51. The summed E-state index contributed by atoms with van der Waals surface area (Å²) >= 11 is 0. The maximum atomic E-state index is 12.0. The Morgan fingerprint density at radius 1 is 1.35 bits per heavy atom. The molecule has 0 fully saturated rings. The highest BCUT2D eigenvalue weighted by Crippen LogP contribution is 2.19. The monoisotopic (exact) mass is 242 g/mol. The molecule has 0 rings (SSSR count). The van der Waals surface area contributed by atoms with Gasteiger partial charge in [-0.15, -0.1) is 0 Å². The van der Waals surface area contributed by atoms with E-state index in [0.717, 1.165) is 38.6 Å². The Bertz CT molecular complexity index is 214. The lowest BCUT2D eigenvalue weighted by atomic mass is 9.89. The normalized spacial score (nSPS) is 13.5. The zero-order chi connectivity index (χ0) is 13.3. The molecule has 0 aromatic rings. The largest absolute Gasteiger partial charge is 0.355 e. The number of rotatable bonds is 9. The number of hydrogen-bond donors (Lipinski definition) is 2. The van der Waals surface area contributed by atoms with Crippen LogP contribution in [0.5, 0.6) is 0 Å². The number of unbranched alkanes of at least 4 members (excludes halogenated alkanes) is 1. The summed E-state index contributed by atoms with van der Waals surface area (Å²) in [6.07, 6.45) is 5.18. The molecule has 0 spiro atoms. The van der Waals surface area contributed by atoms with Crippen LogP contribution in [0.15, 0.2) is 0 Å². The van der Waals surface area contributed by atoms with Crippen molar-refractivity contribution >= 4 is 5.91 Å². The molecule has 17 heavy (non-hydrogen) atoms. The summed E-state index contributed by atoms with van der Waals surface area (Å²) in [5.41, 5.74) is 5.66. The van der Waals surface area contributed by atoms with Crippen LogP contribution in [0.3, 0.4) is 0 Å². The van der Waals surface area contributed by atoms with Crippen molar-refractivity contribution in [2.75, 3.05) is 13.1 Å². The smallest absolute Gasteiger partial charge is 0.223 e. The number of nitrogens with two attached hydrogens (primary N) is 1. The molecule has 0 saturated heterocycles. The molecule has 0 heterocycles. The summed E-state index contributed by atoms with van der Waals surface area (Å²) in [6, 6.07) is 0. The van der Waals surface area contributed by atoms with Crippen LogP contribution in [0, 0.1) is 11.3 Å². The van der Waals surface area contributed by atoms with Gasteiger partial charge < -0.3 is 11.1 Å². The Hall–Kier alpha value is -0.570. The van der Waals surface area contributed by atoms with Crippen molar-refractivity contribution in [3.8, 4) is 0 Å². The summed E-state index contributed by atoms with van der Waals surface area (Å²) in [7, 11) is 0. The van der Waals surface area contributed by atoms with Crippen LogP contribution < -0.4 is 11.1 Å². The lowest BCUT2D eigenvalue weighted by Gasteiger charge is -2.25. The van der Waals surface area contributed by atoms with E-state index in [9.17, 15) is 4.79 Å². The summed E-state index contributed by atoms with van der Waals surface area (Å²) in [6.45, 7) is 9.95. The fourth-order valence-corrected chi connectivity index (χ4v) is 1.92. The summed E-state index contributed by atoms with van der Waals surface area (Å²) in [5, 5.41) is 3.07. The van der Waals surface area contributed by atoms with Gasteiger partial charge in [0.15, 0.2) is 0 Å². The first-order valence-corrected chi connectivity index (χ1v) is 6.94. The Morgan fingerprint density at radius 3 is 2.47 bits per heavy atom. The molecule has 1 unspecified atom stereocenters. The Kier molecular flexibility index (Phi) is 8.23. The van der Waals surface area contributed by atoms with E-state index in [1.165, 1.54) is 0 Å². The molecule has 0 bridgehead atoms. The van der Waals surface area contributed by atoms with Gasteiger partial charge in [-0.3, -0.25) is 4.79 Å². The Morgan fingerprint density at radius 2 is 2.00 bits per heavy atom. The number of nitrogens with one attached hydrogen (secondary N) is 1. The molecule has 0 radical (unpaired) electrons. The summed E-state index contributed by atoms with van der Waals surface area (Å²) in [4.78, 5) is 12.0. The van der Waals surface area contributed by atoms with Crippen LogP contribution >= 0.6 is 0 Å². The van der Waals surface area contributed by atoms with Gasteiger partial charge in [-0.25, -0.2) is 0 Å². The van der Waals surface area contributed by atoms with Gasteiger partial charge in [0, 0.05) is 12.5 Å². The lowest BCUT2D eigenvalue weighted by molar-refractivity contribution is -0.125. The maximum absolute atomic E-state index is 12.0. The lowest BCUT2D eigenvalue weighted by Crippen LogP contribution is -2.38. The zero-order valence-corrected chi connectivity index (χ0v) is 12.0. The fourth-order valence-electron chi connectivity index (χ4n) is 1.92. The van der Waals surface area contributed by atoms with Gasteiger partial charge in [0.25, 0.3) is 0 Å². The molecule has 3 heteroatoms. The van der Waals surface area contributed by atoms with E-state index in [-0.39, 0.29) is 17.2 Å². The average Bonchev–Trinajstić information content (AvgIpc) is 2.27. The van der Waals surface area contributed by atoms with E-state index in [0.29, 0.717) is 6.54 Å². The quantitative estimate of drug-likeness (QED) is 0.653. The molecule has 1 amide bonds. The molecule has 1 atom stereocenters. The molecule has 3 N–H and O–H groups in total. The van der Waals surface area contributed by atoms with Crippen molar-refractivity contribution in [1.82, 2.24) is 5.32 Å². The van der Waals surface area contributed by atoms with Crippen molar-refractivity contribution in [1.29, 1.82) is 0 Å². The standard InChI is InChI=1S/C14H30N2O/c1-5-7-8-12(6-2)13(17)16-11-14(3,4)9-10-15/h12H,5-11,15H2,1-4H3,(H,16,17). The van der Waals surface area contributed by atoms with E-state index in [4.69, 9.17) is 5.73 Å². The van der Waals surface area contributed by atoms with E-state index in [1.54, 1.807) is 0 Å². The SMILES string of the molecule is CCCCC(CC)C(=O)NCC(C)(C)CCN. The highest BCUT2D eigenvalue weighted by Gasteiger charge is 2.21. The predicted octanol–water partition coefficient (Wildman–Crippen LogP) is 2.69. The molecule has 102 valence electrons. The third-order valence-corrected chi connectivity index (χ3v) is 3.33. The first-order chi connectivity index (χ1) is 7.96. The molecule has 0 aliphatic carbocycles. The van der Waals surface area contributed by atoms with Crippen LogP contribution in [-0.4, -0.2) is 19.0 Å². The minimum absolute atomic E-state index is 0.105. The highest BCUT2D eigenvalue weighted by atomic mass is 16.1. The van der Waals surface area contributed by atoms with Gasteiger partial charge >= 0.3 is 0 Å². The van der Waals surface area contributed by atoms with Crippen LogP contribution in [0.25, 0.3) is 0 Å². The zero-order valence-electron chi connectivity index (χ0n) is 12.0. The van der Waals surface area contributed by atoms with Crippen molar-refractivity contribution in [2.45, 2.75) is 59.8 Å². The highest BCUT2D eigenvalue weighted by molar-refractivity contribution is 5.78. The number of amides is 1. The molecule has 0 aromatic heterocycles. The molecule has 0 saturated carbocycles. The summed E-state index contributed by atoms with van der Waals surface area (Å²) < 4.78 is 0. The molecule has 3 nitrogen and oxygen atoms in total. The maximum Gasteiger partial charge on any atom is 0.223 e. The first kappa shape index (κ1) is 16.4. The minimum atomic E-state index is 0.105. The van der Waals surface area contributed by atoms with Gasteiger partial charge in [0.05, 0.1) is 0 Å². The van der Waals surface area contributed by atoms with Gasteiger partial charge in [-0.1, -0.05) is 40.5 Å². The van der Waals surface area contributed by atoms with E-state index in [2.05, 4.69) is 33.0 Å². The van der Waals surface area contributed by atoms with Gasteiger partial charge in [0.2, 0.25) is 5.91 Å². The number of carbonyl (C=O) groups is 1. The third kappa shape index (κ3) is 7.37. The van der Waals surface area contributed by atoms with Gasteiger partial charge in [0.1, 0.15) is 0 Å². The summed E-state index contributed by atoms with van der Waals surface area (Å²) in [5.74, 6) is 0.398. The van der Waals surface area contributed by atoms with Crippen LogP contribution in [0.2, 0.25) is 0 Å². The molecular formula is C14H30N2O. The van der Waals surface area contributed by atoms with Crippen LogP contribution in [-0.2, 0) is 4.79 Å². The Balaban J connectivity index is 4.05. The second-order valence-corrected chi connectivity index (χ2v) is 5.67. The molecular weight excluding hydrogens is 212 g/mol. The predicted molar refractivity (Wildman–Crippen MR) is 73.8 cm³/mol. The topological polar surface area (TPSA) is 55.1 Å². The number of hydrogen-bond acceptors (Lipinski definition) is 2. The van der Waals surface area contributed by atoms with E-state index < -0.39 is 0 Å². The van der Waals surface area contributed by atoms with Crippen molar-refractivity contribution in [3.05, 3.63) is 0 Å². The van der Waals surface area contributed by atoms with Crippen LogP contribution in [0.1, 0.15) is 59.8 Å². The van der Waals surface area contributed by atoms with E-state index >= 15 is 0 Å².